The molecule has 0 spiro atoms. The molecule has 0 heterocycles. The number of ether oxygens (including phenoxy) is 1. The Balaban J connectivity index is 2.15. The van der Waals surface area contributed by atoms with Gasteiger partial charge in [-0.15, -0.1) is 0 Å². The third kappa shape index (κ3) is 5.97. The topological polar surface area (TPSA) is 9.23 Å². The molecule has 0 bridgehead atoms. The number of unbranched alkanes of at least 4 members (excludes halogenated alkanes) is 5. The smallest absolute Gasteiger partial charge is 0.123 e. The van der Waals surface area contributed by atoms with Crippen LogP contribution in [0.3, 0.4) is 0 Å². The summed E-state index contributed by atoms with van der Waals surface area (Å²) in [4.78, 5) is 0. The summed E-state index contributed by atoms with van der Waals surface area (Å²) in [6.45, 7) is 5.09. The van der Waals surface area contributed by atoms with E-state index in [0.717, 1.165) is 29.4 Å². The molecule has 1 aromatic carbocycles. The van der Waals surface area contributed by atoms with E-state index >= 15 is 0 Å². The number of aryl methyl sites for hydroxylation is 1. The van der Waals surface area contributed by atoms with Crippen molar-refractivity contribution in [2.24, 2.45) is 0 Å². The molecule has 2 heteroatoms. The zero-order valence-corrected chi connectivity index (χ0v) is 11.7. The molecule has 0 amide bonds. The van der Waals surface area contributed by atoms with E-state index in [0.29, 0.717) is 0 Å². The molecule has 0 aromatic heterocycles. The largest absolute Gasteiger partial charge is 0.493 e. The zero-order valence-electron chi connectivity index (χ0n) is 11.0. The summed E-state index contributed by atoms with van der Waals surface area (Å²) in [6, 6.07) is 5.79. The fraction of sp³-hybridized carbons (Fsp3) is 0.600. The van der Waals surface area contributed by atoms with Crippen LogP contribution in [0.15, 0.2) is 18.2 Å². The maximum absolute atomic E-state index is 5.93. The molecule has 1 aromatic rings. The van der Waals surface area contributed by atoms with Gasteiger partial charge in [0, 0.05) is 5.02 Å². The second-order valence-electron chi connectivity index (χ2n) is 4.53. The van der Waals surface area contributed by atoms with Gasteiger partial charge in [0.2, 0.25) is 0 Å². The van der Waals surface area contributed by atoms with Crippen LogP contribution < -0.4 is 4.74 Å². The molecule has 0 saturated carbocycles. The fourth-order valence-corrected chi connectivity index (χ4v) is 1.96. The summed E-state index contributed by atoms with van der Waals surface area (Å²) in [7, 11) is 0. The number of hydrogen-bond acceptors (Lipinski definition) is 1. The van der Waals surface area contributed by atoms with Crippen LogP contribution in [0.2, 0.25) is 5.02 Å². The van der Waals surface area contributed by atoms with E-state index in [-0.39, 0.29) is 0 Å². The van der Waals surface area contributed by atoms with E-state index in [2.05, 4.69) is 6.92 Å². The lowest BCUT2D eigenvalue weighted by atomic mass is 10.1. The van der Waals surface area contributed by atoms with Crippen molar-refractivity contribution in [2.75, 3.05) is 6.61 Å². The predicted molar refractivity (Wildman–Crippen MR) is 75.1 cm³/mol. The van der Waals surface area contributed by atoms with Crippen LogP contribution in [-0.2, 0) is 0 Å². The molecule has 1 rings (SSSR count). The highest BCUT2D eigenvalue weighted by atomic mass is 35.5. The molecule has 0 unspecified atom stereocenters. The van der Waals surface area contributed by atoms with E-state index in [1.165, 1.54) is 32.1 Å². The van der Waals surface area contributed by atoms with Crippen LogP contribution in [0, 0.1) is 6.92 Å². The monoisotopic (exact) mass is 254 g/mol. The lowest BCUT2D eigenvalue weighted by Gasteiger charge is -2.09. The first kappa shape index (κ1) is 14.4. The summed E-state index contributed by atoms with van der Waals surface area (Å²) in [6.07, 6.45) is 7.74. The van der Waals surface area contributed by atoms with Crippen LogP contribution in [0.5, 0.6) is 5.75 Å². The van der Waals surface area contributed by atoms with Crippen LogP contribution in [0.1, 0.15) is 51.0 Å². The Bertz CT molecular complexity index is 323. The Morgan fingerprint density at radius 1 is 1.06 bits per heavy atom. The standard InChI is InChI=1S/C15H23ClO/c1-3-4-5-6-7-8-11-17-15-12-14(16)10-9-13(15)2/h9-10,12H,3-8,11H2,1-2H3. The van der Waals surface area contributed by atoms with E-state index in [9.17, 15) is 0 Å². The van der Waals surface area contributed by atoms with Crippen molar-refractivity contribution in [1.82, 2.24) is 0 Å². The summed E-state index contributed by atoms with van der Waals surface area (Å²) < 4.78 is 5.74. The van der Waals surface area contributed by atoms with Gasteiger partial charge in [-0.05, 0) is 31.0 Å². The van der Waals surface area contributed by atoms with Gasteiger partial charge in [0.05, 0.1) is 6.61 Å². The van der Waals surface area contributed by atoms with Gasteiger partial charge < -0.3 is 4.74 Å². The van der Waals surface area contributed by atoms with Gasteiger partial charge in [-0.3, -0.25) is 0 Å². The quantitative estimate of drug-likeness (QED) is 0.566. The van der Waals surface area contributed by atoms with E-state index in [1.807, 2.05) is 25.1 Å². The van der Waals surface area contributed by atoms with Gasteiger partial charge in [-0.1, -0.05) is 56.7 Å². The van der Waals surface area contributed by atoms with E-state index in [4.69, 9.17) is 16.3 Å². The summed E-state index contributed by atoms with van der Waals surface area (Å²) in [5, 5.41) is 0.744. The molecule has 0 aliphatic carbocycles. The molecular weight excluding hydrogens is 232 g/mol. The minimum Gasteiger partial charge on any atom is -0.493 e. The summed E-state index contributed by atoms with van der Waals surface area (Å²) in [5.41, 5.74) is 1.15. The van der Waals surface area contributed by atoms with Gasteiger partial charge >= 0.3 is 0 Å². The molecule has 17 heavy (non-hydrogen) atoms. The molecule has 0 aliphatic rings. The van der Waals surface area contributed by atoms with Crippen molar-refractivity contribution < 1.29 is 4.74 Å². The molecule has 0 fully saturated rings. The fourth-order valence-electron chi connectivity index (χ4n) is 1.79. The molecule has 0 saturated heterocycles. The molecular formula is C15H23ClO. The Hall–Kier alpha value is -0.690. The van der Waals surface area contributed by atoms with Crippen molar-refractivity contribution in [3.05, 3.63) is 28.8 Å². The minimum atomic E-state index is 0.744. The second kappa shape index (κ2) is 8.41. The minimum absolute atomic E-state index is 0.744. The van der Waals surface area contributed by atoms with Gasteiger partial charge in [-0.25, -0.2) is 0 Å². The van der Waals surface area contributed by atoms with Crippen LogP contribution in [-0.4, -0.2) is 6.61 Å². The Morgan fingerprint density at radius 3 is 2.53 bits per heavy atom. The predicted octanol–water partition coefficient (Wildman–Crippen LogP) is 5.39. The van der Waals surface area contributed by atoms with Gasteiger partial charge in [-0.2, -0.15) is 0 Å². The van der Waals surface area contributed by atoms with Crippen LogP contribution >= 0.6 is 11.6 Å². The first-order valence-electron chi connectivity index (χ1n) is 6.63. The van der Waals surface area contributed by atoms with E-state index < -0.39 is 0 Å². The van der Waals surface area contributed by atoms with Crippen molar-refractivity contribution >= 4 is 11.6 Å². The molecule has 0 N–H and O–H groups in total. The Kier molecular flexibility index (Phi) is 7.11. The van der Waals surface area contributed by atoms with Crippen molar-refractivity contribution in [3.63, 3.8) is 0 Å². The highest BCUT2D eigenvalue weighted by molar-refractivity contribution is 6.30. The number of halogens is 1. The van der Waals surface area contributed by atoms with Crippen molar-refractivity contribution in [1.29, 1.82) is 0 Å². The highest BCUT2D eigenvalue weighted by Gasteiger charge is 2.00. The number of benzene rings is 1. The first-order chi connectivity index (χ1) is 8.24. The van der Waals surface area contributed by atoms with Gasteiger partial charge in [0.15, 0.2) is 0 Å². The van der Waals surface area contributed by atoms with Crippen molar-refractivity contribution in [2.45, 2.75) is 52.4 Å². The summed E-state index contributed by atoms with van der Waals surface area (Å²) >= 11 is 5.93. The summed E-state index contributed by atoms with van der Waals surface area (Å²) in [5.74, 6) is 0.922. The Morgan fingerprint density at radius 2 is 1.76 bits per heavy atom. The average Bonchev–Trinajstić information content (AvgIpc) is 2.32. The lowest BCUT2D eigenvalue weighted by Crippen LogP contribution is -1.98. The normalized spacial score (nSPS) is 10.5. The number of rotatable bonds is 8. The molecule has 1 nitrogen and oxygen atoms in total. The third-order valence-electron chi connectivity index (χ3n) is 2.91. The Labute approximate surface area is 110 Å². The van der Waals surface area contributed by atoms with Crippen molar-refractivity contribution in [3.8, 4) is 5.75 Å². The highest BCUT2D eigenvalue weighted by Crippen LogP contribution is 2.22. The second-order valence-corrected chi connectivity index (χ2v) is 4.96. The number of hydrogen-bond donors (Lipinski definition) is 0. The first-order valence-corrected chi connectivity index (χ1v) is 7.00. The van der Waals surface area contributed by atoms with E-state index in [1.54, 1.807) is 0 Å². The van der Waals surface area contributed by atoms with Gasteiger partial charge in [0.25, 0.3) is 0 Å². The maximum Gasteiger partial charge on any atom is 0.123 e. The molecule has 0 aliphatic heterocycles. The molecule has 96 valence electrons. The molecule has 0 radical (unpaired) electrons. The average molecular weight is 255 g/mol. The maximum atomic E-state index is 5.93. The molecule has 0 atom stereocenters. The zero-order chi connectivity index (χ0) is 12.5. The lowest BCUT2D eigenvalue weighted by molar-refractivity contribution is 0.302. The van der Waals surface area contributed by atoms with Gasteiger partial charge in [0.1, 0.15) is 5.75 Å². The third-order valence-corrected chi connectivity index (χ3v) is 3.14. The van der Waals surface area contributed by atoms with Crippen LogP contribution in [0.4, 0.5) is 0 Å². The van der Waals surface area contributed by atoms with Crippen LogP contribution in [0.25, 0.3) is 0 Å². The SMILES string of the molecule is CCCCCCCCOc1cc(Cl)ccc1C.